The van der Waals surface area contributed by atoms with Gasteiger partial charge in [-0.1, -0.05) is 42.5 Å². The summed E-state index contributed by atoms with van der Waals surface area (Å²) in [5.41, 5.74) is 1.45. The van der Waals surface area contributed by atoms with Crippen LogP contribution in [0.1, 0.15) is 28.4 Å². The maximum atomic E-state index is 12.5. The van der Waals surface area contributed by atoms with Gasteiger partial charge in [-0.2, -0.15) is 0 Å². The highest BCUT2D eigenvalue weighted by Crippen LogP contribution is 2.40. The van der Waals surface area contributed by atoms with Crippen molar-refractivity contribution in [2.75, 3.05) is 0 Å². The first-order valence-corrected chi connectivity index (χ1v) is 7.23. The van der Waals surface area contributed by atoms with Crippen molar-refractivity contribution in [3.63, 3.8) is 0 Å². The Morgan fingerprint density at radius 1 is 1.00 bits per heavy atom. The molecule has 0 amide bonds. The Kier molecular flexibility index (Phi) is 2.86. The van der Waals surface area contributed by atoms with Crippen LogP contribution in [0.5, 0.6) is 11.5 Å². The summed E-state index contributed by atoms with van der Waals surface area (Å²) in [6, 6.07) is 18.5. The van der Waals surface area contributed by atoms with Gasteiger partial charge < -0.3 is 9.84 Å². The van der Waals surface area contributed by atoms with Gasteiger partial charge in [-0.15, -0.1) is 0 Å². The minimum Gasteiger partial charge on any atom is -0.508 e. The van der Waals surface area contributed by atoms with E-state index in [4.69, 9.17) is 4.74 Å². The summed E-state index contributed by atoms with van der Waals surface area (Å²) in [5.74, 6) is 0.889. The molecule has 3 nitrogen and oxygen atoms in total. The van der Waals surface area contributed by atoms with E-state index in [9.17, 15) is 9.90 Å². The quantitative estimate of drug-likeness (QED) is 0.728. The zero-order valence-electron chi connectivity index (χ0n) is 11.8. The van der Waals surface area contributed by atoms with Crippen molar-refractivity contribution in [3.8, 4) is 11.5 Å². The minimum absolute atomic E-state index is 0.0698. The number of hydrogen-bond acceptors (Lipinski definition) is 3. The van der Waals surface area contributed by atoms with E-state index in [-0.39, 0.29) is 24.1 Å². The van der Waals surface area contributed by atoms with Gasteiger partial charge in [0.2, 0.25) is 0 Å². The van der Waals surface area contributed by atoms with Gasteiger partial charge in [0.05, 0.1) is 12.0 Å². The van der Waals surface area contributed by atoms with Crippen LogP contribution in [0.15, 0.2) is 60.7 Å². The van der Waals surface area contributed by atoms with Crippen LogP contribution in [0.3, 0.4) is 0 Å². The molecule has 0 saturated carbocycles. The number of carbonyl (C=O) groups excluding carboxylic acids is 1. The first kappa shape index (κ1) is 12.9. The van der Waals surface area contributed by atoms with Crippen molar-refractivity contribution in [2.24, 2.45) is 0 Å². The van der Waals surface area contributed by atoms with Gasteiger partial charge in [0.25, 0.3) is 0 Å². The molecule has 0 fully saturated rings. The molecule has 0 radical (unpaired) electrons. The molecule has 22 heavy (non-hydrogen) atoms. The fraction of sp³-hybridized carbons (Fsp3) is 0.105. The molecule has 1 atom stereocenters. The molecule has 0 aliphatic carbocycles. The van der Waals surface area contributed by atoms with Crippen LogP contribution in [0.4, 0.5) is 0 Å². The molecule has 0 aromatic heterocycles. The lowest BCUT2D eigenvalue weighted by Gasteiger charge is -2.26. The Hall–Kier alpha value is -2.81. The number of ether oxygens (including phenoxy) is 1. The molecule has 0 saturated heterocycles. The molecule has 3 heteroatoms. The molecule has 108 valence electrons. The molecule has 1 heterocycles. The Labute approximate surface area is 127 Å². The SMILES string of the molecule is O=C1C[C@H](c2cccc(O)c2)Oc2c1ccc1ccccc21. The predicted molar refractivity (Wildman–Crippen MR) is 84.4 cm³/mol. The maximum Gasteiger partial charge on any atom is 0.170 e. The Bertz CT molecular complexity index is 883. The number of hydrogen-bond donors (Lipinski definition) is 1. The molecular weight excluding hydrogens is 276 g/mol. The second-order valence-electron chi connectivity index (χ2n) is 5.49. The number of phenolic OH excluding ortho intramolecular Hbond substituents is 1. The molecule has 0 unspecified atom stereocenters. The lowest BCUT2D eigenvalue weighted by atomic mass is 9.94. The van der Waals surface area contributed by atoms with E-state index in [0.29, 0.717) is 11.3 Å². The molecule has 0 bridgehead atoms. The Morgan fingerprint density at radius 2 is 1.86 bits per heavy atom. The number of Topliss-reactive ketones (excluding diaryl/α,β-unsaturated/α-hetero) is 1. The summed E-state index contributed by atoms with van der Waals surface area (Å²) in [6.45, 7) is 0. The monoisotopic (exact) mass is 290 g/mol. The van der Waals surface area contributed by atoms with Crippen molar-refractivity contribution >= 4 is 16.6 Å². The minimum atomic E-state index is -0.363. The zero-order chi connectivity index (χ0) is 15.1. The van der Waals surface area contributed by atoms with E-state index in [2.05, 4.69) is 0 Å². The molecule has 0 spiro atoms. The van der Waals surface area contributed by atoms with Crippen molar-refractivity contribution in [1.29, 1.82) is 0 Å². The third-order valence-corrected chi connectivity index (χ3v) is 4.05. The number of phenols is 1. The van der Waals surface area contributed by atoms with Gasteiger partial charge in [0.1, 0.15) is 17.6 Å². The first-order valence-electron chi connectivity index (χ1n) is 7.23. The maximum absolute atomic E-state index is 12.5. The number of ketones is 1. The summed E-state index contributed by atoms with van der Waals surface area (Å²) in [6.07, 6.45) is -0.0765. The number of benzene rings is 3. The third kappa shape index (κ3) is 2.02. The fourth-order valence-electron chi connectivity index (χ4n) is 2.96. The summed E-state index contributed by atoms with van der Waals surface area (Å²) >= 11 is 0. The van der Waals surface area contributed by atoms with E-state index in [0.717, 1.165) is 16.3 Å². The van der Waals surface area contributed by atoms with Crippen LogP contribution in [0, 0.1) is 0 Å². The highest BCUT2D eigenvalue weighted by Gasteiger charge is 2.29. The third-order valence-electron chi connectivity index (χ3n) is 4.05. The highest BCUT2D eigenvalue weighted by molar-refractivity contribution is 6.06. The summed E-state index contributed by atoms with van der Waals surface area (Å²) in [7, 11) is 0. The van der Waals surface area contributed by atoms with Gasteiger partial charge in [-0.3, -0.25) is 4.79 Å². The number of rotatable bonds is 1. The van der Waals surface area contributed by atoms with Crippen LogP contribution < -0.4 is 4.74 Å². The summed E-state index contributed by atoms with van der Waals surface area (Å²) < 4.78 is 6.12. The zero-order valence-corrected chi connectivity index (χ0v) is 11.8. The first-order chi connectivity index (χ1) is 10.7. The largest absolute Gasteiger partial charge is 0.508 e. The lowest BCUT2D eigenvalue weighted by Crippen LogP contribution is -2.20. The fourth-order valence-corrected chi connectivity index (χ4v) is 2.96. The normalized spacial score (nSPS) is 17.1. The topological polar surface area (TPSA) is 46.5 Å². The van der Waals surface area contributed by atoms with Crippen molar-refractivity contribution in [2.45, 2.75) is 12.5 Å². The van der Waals surface area contributed by atoms with Crippen LogP contribution >= 0.6 is 0 Å². The van der Waals surface area contributed by atoms with E-state index in [1.165, 1.54) is 0 Å². The molecule has 1 aliphatic rings. The number of fused-ring (bicyclic) bond motifs is 3. The van der Waals surface area contributed by atoms with E-state index in [1.54, 1.807) is 18.2 Å². The van der Waals surface area contributed by atoms with Gasteiger partial charge in [0, 0.05) is 5.39 Å². The molecule has 3 aromatic rings. The number of carbonyl (C=O) groups is 1. The smallest absolute Gasteiger partial charge is 0.170 e. The molecule has 1 N–H and O–H groups in total. The Morgan fingerprint density at radius 3 is 2.73 bits per heavy atom. The van der Waals surface area contributed by atoms with Gasteiger partial charge in [-0.25, -0.2) is 0 Å². The Balaban J connectivity index is 1.85. The second-order valence-corrected chi connectivity index (χ2v) is 5.49. The van der Waals surface area contributed by atoms with E-state index in [1.807, 2.05) is 42.5 Å². The average molecular weight is 290 g/mol. The van der Waals surface area contributed by atoms with Crippen LogP contribution in [0.25, 0.3) is 10.8 Å². The second kappa shape index (κ2) is 4.88. The molecule has 1 aliphatic heterocycles. The van der Waals surface area contributed by atoms with Crippen LogP contribution in [-0.4, -0.2) is 10.9 Å². The van der Waals surface area contributed by atoms with Gasteiger partial charge in [0.15, 0.2) is 5.78 Å². The summed E-state index contributed by atoms with van der Waals surface area (Å²) in [4.78, 5) is 12.5. The van der Waals surface area contributed by atoms with Crippen molar-refractivity contribution in [3.05, 3.63) is 71.8 Å². The number of aromatic hydroxyl groups is 1. The van der Waals surface area contributed by atoms with Crippen LogP contribution in [-0.2, 0) is 0 Å². The lowest BCUT2D eigenvalue weighted by molar-refractivity contribution is 0.0853. The van der Waals surface area contributed by atoms with E-state index >= 15 is 0 Å². The molecule has 3 aromatic carbocycles. The van der Waals surface area contributed by atoms with Gasteiger partial charge >= 0.3 is 0 Å². The molecule has 4 rings (SSSR count). The van der Waals surface area contributed by atoms with Gasteiger partial charge in [-0.05, 0) is 29.1 Å². The van der Waals surface area contributed by atoms with E-state index < -0.39 is 0 Å². The highest BCUT2D eigenvalue weighted by atomic mass is 16.5. The van der Waals surface area contributed by atoms with Crippen molar-refractivity contribution < 1.29 is 14.6 Å². The average Bonchev–Trinajstić information content (AvgIpc) is 2.54. The van der Waals surface area contributed by atoms with Crippen LogP contribution in [0.2, 0.25) is 0 Å². The standard InChI is InChI=1S/C19H14O3/c20-14-6-3-5-13(10-14)18-11-17(21)16-9-8-12-4-1-2-7-15(12)19(16)22-18/h1-10,18,20H,11H2/t18-/m1/s1. The molecular formula is C19H14O3. The predicted octanol–water partition coefficient (Wildman–Crippen LogP) is 4.25. The summed E-state index contributed by atoms with van der Waals surface area (Å²) in [5, 5.41) is 11.6. The van der Waals surface area contributed by atoms with Crippen molar-refractivity contribution in [1.82, 2.24) is 0 Å².